The van der Waals surface area contributed by atoms with E-state index in [-0.39, 0.29) is 11.8 Å². The van der Waals surface area contributed by atoms with Crippen LogP contribution in [0.25, 0.3) is 5.52 Å². The van der Waals surface area contributed by atoms with Crippen molar-refractivity contribution in [2.75, 3.05) is 0 Å². The van der Waals surface area contributed by atoms with Crippen molar-refractivity contribution in [3.63, 3.8) is 0 Å². The number of furan rings is 1. The Morgan fingerprint density at radius 1 is 1.15 bits per heavy atom. The van der Waals surface area contributed by atoms with Gasteiger partial charge in [0, 0.05) is 17.6 Å². The lowest BCUT2D eigenvalue weighted by Crippen LogP contribution is -2.30. The average molecular weight is 380 g/mol. The van der Waals surface area contributed by atoms with Crippen LogP contribution in [0, 0.1) is 0 Å². The van der Waals surface area contributed by atoms with Crippen LogP contribution >= 0.6 is 11.6 Å². The van der Waals surface area contributed by atoms with E-state index >= 15 is 0 Å². The molecule has 0 fully saturated rings. The lowest BCUT2D eigenvalue weighted by molar-refractivity contribution is -0.122. The van der Waals surface area contributed by atoms with Crippen molar-refractivity contribution >= 4 is 23.0 Å². The van der Waals surface area contributed by atoms with Gasteiger partial charge in [-0.05, 0) is 42.0 Å². The van der Waals surface area contributed by atoms with E-state index in [4.69, 9.17) is 16.0 Å². The van der Waals surface area contributed by atoms with E-state index in [0.717, 1.165) is 22.7 Å². The number of hydrogen-bond acceptors (Lipinski definition) is 3. The zero-order valence-corrected chi connectivity index (χ0v) is 15.3. The first-order chi connectivity index (χ1) is 13.2. The second-order valence-electron chi connectivity index (χ2n) is 6.28. The van der Waals surface area contributed by atoms with Gasteiger partial charge >= 0.3 is 0 Å². The number of aromatic nitrogens is 2. The summed E-state index contributed by atoms with van der Waals surface area (Å²) >= 11 is 5.99. The number of carbonyl (C=O) groups is 1. The third-order valence-electron chi connectivity index (χ3n) is 4.51. The van der Waals surface area contributed by atoms with E-state index in [2.05, 4.69) is 10.3 Å². The molecule has 0 aliphatic heterocycles. The maximum absolute atomic E-state index is 13.0. The minimum Gasteiger partial charge on any atom is -0.469 e. The summed E-state index contributed by atoms with van der Waals surface area (Å²) in [6.45, 7) is 0.346. The molecule has 1 N–H and O–H groups in total. The smallest absolute Gasteiger partial charge is 0.228 e. The molecular weight excluding hydrogens is 362 g/mol. The average Bonchev–Trinajstić information content (AvgIpc) is 3.35. The van der Waals surface area contributed by atoms with Gasteiger partial charge in [0.2, 0.25) is 5.91 Å². The molecule has 27 heavy (non-hydrogen) atoms. The number of nitrogens with one attached hydrogen (secondary N) is 1. The zero-order valence-electron chi connectivity index (χ0n) is 14.5. The summed E-state index contributed by atoms with van der Waals surface area (Å²) in [4.78, 5) is 17.4. The van der Waals surface area contributed by atoms with Gasteiger partial charge in [-0.3, -0.25) is 4.79 Å². The first-order valence-electron chi connectivity index (χ1n) is 8.67. The molecule has 3 heterocycles. The molecule has 0 saturated carbocycles. The van der Waals surface area contributed by atoms with Crippen LogP contribution in [0.4, 0.5) is 0 Å². The summed E-state index contributed by atoms with van der Waals surface area (Å²) in [5, 5.41) is 3.64. The van der Waals surface area contributed by atoms with Crippen molar-refractivity contribution < 1.29 is 9.21 Å². The van der Waals surface area contributed by atoms with Crippen molar-refractivity contribution in [1.29, 1.82) is 0 Å². The van der Waals surface area contributed by atoms with Gasteiger partial charge in [0.25, 0.3) is 0 Å². The van der Waals surface area contributed by atoms with Gasteiger partial charge in [-0.1, -0.05) is 29.8 Å². The van der Waals surface area contributed by atoms with Gasteiger partial charge in [0.15, 0.2) is 0 Å². The third kappa shape index (κ3) is 3.88. The maximum atomic E-state index is 13.0. The van der Waals surface area contributed by atoms with Gasteiger partial charge in [-0.25, -0.2) is 4.98 Å². The van der Waals surface area contributed by atoms with Crippen molar-refractivity contribution in [3.05, 3.63) is 95.4 Å². The third-order valence-corrected chi connectivity index (χ3v) is 4.76. The number of hydrogen-bond donors (Lipinski definition) is 1. The quantitative estimate of drug-likeness (QED) is 0.545. The molecule has 0 aliphatic rings. The molecule has 6 heteroatoms. The van der Waals surface area contributed by atoms with Crippen LogP contribution in [0.1, 0.15) is 23.1 Å². The van der Waals surface area contributed by atoms with Crippen molar-refractivity contribution in [2.24, 2.45) is 0 Å². The fourth-order valence-electron chi connectivity index (χ4n) is 3.11. The Morgan fingerprint density at radius 2 is 2.00 bits per heavy atom. The van der Waals surface area contributed by atoms with Crippen LogP contribution in [-0.2, 0) is 17.8 Å². The zero-order chi connectivity index (χ0) is 18.6. The minimum absolute atomic E-state index is 0.0820. The van der Waals surface area contributed by atoms with Gasteiger partial charge in [-0.2, -0.15) is 0 Å². The second kappa shape index (κ2) is 7.68. The highest BCUT2D eigenvalue weighted by atomic mass is 35.5. The summed E-state index contributed by atoms with van der Waals surface area (Å²) in [5.41, 5.74) is 1.88. The molecule has 0 radical (unpaired) electrons. The predicted octanol–water partition coefficient (Wildman–Crippen LogP) is 4.22. The molecule has 1 atom stereocenters. The van der Waals surface area contributed by atoms with Crippen LogP contribution in [0.5, 0.6) is 0 Å². The highest BCUT2D eigenvalue weighted by Crippen LogP contribution is 2.23. The number of benzene rings is 1. The maximum Gasteiger partial charge on any atom is 0.228 e. The van der Waals surface area contributed by atoms with E-state index < -0.39 is 0 Å². The molecule has 0 saturated heterocycles. The van der Waals surface area contributed by atoms with Gasteiger partial charge in [0.1, 0.15) is 11.6 Å². The molecule has 1 aromatic carbocycles. The standard InChI is InChI=1S/C21H18ClN3O2/c22-16-8-6-15(7-9-16)19(12-18-5-3-11-27-18)21(26)24-14-20-23-13-17-4-1-2-10-25(17)20/h1-11,13,19H,12,14H2,(H,24,26). The molecular formula is C21H18ClN3O2. The summed E-state index contributed by atoms with van der Waals surface area (Å²) in [5.74, 6) is 1.09. The van der Waals surface area contributed by atoms with Crippen LogP contribution in [0.3, 0.4) is 0 Å². The summed E-state index contributed by atoms with van der Waals surface area (Å²) in [7, 11) is 0. The number of rotatable bonds is 6. The fraction of sp³-hybridized carbons (Fsp3) is 0.143. The molecule has 0 aliphatic carbocycles. The topological polar surface area (TPSA) is 59.5 Å². The van der Waals surface area contributed by atoms with Gasteiger partial charge in [0.05, 0.1) is 30.4 Å². The second-order valence-corrected chi connectivity index (χ2v) is 6.71. The van der Waals surface area contributed by atoms with E-state index in [0.29, 0.717) is 18.0 Å². The van der Waals surface area contributed by atoms with Crippen LogP contribution in [0.15, 0.2) is 77.7 Å². The number of halogens is 1. The van der Waals surface area contributed by atoms with E-state index in [1.807, 2.05) is 53.1 Å². The lowest BCUT2D eigenvalue weighted by atomic mass is 9.93. The molecule has 1 amide bonds. The number of pyridine rings is 1. The Labute approximate surface area is 161 Å². The fourth-order valence-corrected chi connectivity index (χ4v) is 3.23. The molecule has 4 rings (SSSR count). The number of nitrogens with zero attached hydrogens (tertiary/aromatic N) is 2. The van der Waals surface area contributed by atoms with E-state index in [1.165, 1.54) is 0 Å². The first kappa shape index (κ1) is 17.4. The number of fused-ring (bicyclic) bond motifs is 1. The Balaban J connectivity index is 1.53. The largest absolute Gasteiger partial charge is 0.469 e. The van der Waals surface area contributed by atoms with E-state index in [1.54, 1.807) is 24.6 Å². The molecule has 0 spiro atoms. The monoisotopic (exact) mass is 379 g/mol. The van der Waals surface area contributed by atoms with Crippen molar-refractivity contribution in [2.45, 2.75) is 18.9 Å². The molecule has 136 valence electrons. The van der Waals surface area contributed by atoms with Gasteiger partial charge < -0.3 is 14.1 Å². The molecule has 4 aromatic rings. The minimum atomic E-state index is -0.375. The summed E-state index contributed by atoms with van der Waals surface area (Å²) in [6, 6.07) is 16.9. The van der Waals surface area contributed by atoms with Crippen LogP contribution < -0.4 is 5.32 Å². The number of imidazole rings is 1. The summed E-state index contributed by atoms with van der Waals surface area (Å²) < 4.78 is 7.41. The Kier molecular flexibility index (Phi) is 4.94. The van der Waals surface area contributed by atoms with Gasteiger partial charge in [-0.15, -0.1) is 0 Å². The summed E-state index contributed by atoms with van der Waals surface area (Å²) in [6.07, 6.45) is 5.82. The Bertz CT molecular complexity index is 1040. The Hall–Kier alpha value is -3.05. The lowest BCUT2D eigenvalue weighted by Gasteiger charge is -2.16. The molecule has 1 unspecified atom stereocenters. The highest BCUT2D eigenvalue weighted by Gasteiger charge is 2.22. The van der Waals surface area contributed by atoms with Crippen molar-refractivity contribution in [1.82, 2.24) is 14.7 Å². The number of amides is 1. The number of carbonyl (C=O) groups excluding carboxylic acids is 1. The molecule has 0 bridgehead atoms. The highest BCUT2D eigenvalue weighted by molar-refractivity contribution is 6.30. The van der Waals surface area contributed by atoms with Crippen LogP contribution in [-0.4, -0.2) is 15.3 Å². The first-order valence-corrected chi connectivity index (χ1v) is 9.05. The Morgan fingerprint density at radius 3 is 2.78 bits per heavy atom. The molecule has 5 nitrogen and oxygen atoms in total. The van der Waals surface area contributed by atoms with Crippen molar-refractivity contribution in [3.8, 4) is 0 Å². The molecule has 3 aromatic heterocycles. The SMILES string of the molecule is O=C(NCc1ncc2ccccn12)C(Cc1ccco1)c1ccc(Cl)cc1. The van der Waals surface area contributed by atoms with Crippen LogP contribution in [0.2, 0.25) is 5.02 Å². The normalized spacial score (nSPS) is 12.2. The van der Waals surface area contributed by atoms with E-state index in [9.17, 15) is 4.79 Å². The predicted molar refractivity (Wildman–Crippen MR) is 104 cm³/mol.